The Kier molecular flexibility index (Phi) is 7.33. The fraction of sp³-hybridized carbons (Fsp3) is 0.619. The summed E-state index contributed by atoms with van der Waals surface area (Å²) >= 11 is 0. The van der Waals surface area contributed by atoms with E-state index in [2.05, 4.69) is 56.0 Å². The molecular weight excluding hydrogens is 336 g/mol. The molecule has 0 aliphatic carbocycles. The van der Waals surface area contributed by atoms with Crippen LogP contribution in [0.15, 0.2) is 35.7 Å². The van der Waals surface area contributed by atoms with Crippen LogP contribution in [0.4, 0.5) is 0 Å². The Morgan fingerprint density at radius 3 is 1.89 bits per heavy atom. The van der Waals surface area contributed by atoms with Gasteiger partial charge in [-0.2, -0.15) is 10.5 Å². The molecule has 0 aromatic heterocycles. The van der Waals surface area contributed by atoms with Crippen LogP contribution in [0, 0.1) is 22.7 Å². The SMILES string of the molecule is N#CC(C#N)=C1N(CCCN2CC=CCC2)CCN1CCN1CC=CCC1. The monoisotopic (exact) mass is 366 g/mol. The van der Waals surface area contributed by atoms with E-state index in [9.17, 15) is 10.5 Å². The number of hydrogen-bond donors (Lipinski definition) is 0. The van der Waals surface area contributed by atoms with Gasteiger partial charge in [0.05, 0.1) is 0 Å². The molecule has 6 heteroatoms. The molecule has 0 unspecified atom stereocenters. The number of nitrogens with zero attached hydrogens (tertiary/aromatic N) is 6. The molecule has 0 spiro atoms. The number of allylic oxidation sites excluding steroid dienone is 1. The van der Waals surface area contributed by atoms with Crippen molar-refractivity contribution in [1.82, 2.24) is 19.6 Å². The Bertz CT molecular complexity index is 649. The van der Waals surface area contributed by atoms with Crippen molar-refractivity contribution in [3.05, 3.63) is 35.7 Å². The molecule has 3 rings (SSSR count). The van der Waals surface area contributed by atoms with Crippen LogP contribution in [-0.4, -0.2) is 85.0 Å². The summed E-state index contributed by atoms with van der Waals surface area (Å²) < 4.78 is 0. The Labute approximate surface area is 163 Å². The van der Waals surface area contributed by atoms with E-state index in [0.717, 1.165) is 90.5 Å². The molecule has 27 heavy (non-hydrogen) atoms. The van der Waals surface area contributed by atoms with E-state index in [4.69, 9.17) is 0 Å². The van der Waals surface area contributed by atoms with Crippen LogP contribution in [-0.2, 0) is 0 Å². The number of rotatable bonds is 7. The smallest absolute Gasteiger partial charge is 0.169 e. The molecule has 144 valence electrons. The molecule has 0 saturated carbocycles. The summed E-state index contributed by atoms with van der Waals surface area (Å²) in [5.74, 6) is 0.853. The van der Waals surface area contributed by atoms with Gasteiger partial charge >= 0.3 is 0 Å². The van der Waals surface area contributed by atoms with E-state index in [-0.39, 0.29) is 5.57 Å². The first-order chi connectivity index (χ1) is 13.3. The highest BCUT2D eigenvalue weighted by Crippen LogP contribution is 2.22. The summed E-state index contributed by atoms with van der Waals surface area (Å²) in [7, 11) is 0. The van der Waals surface area contributed by atoms with Crippen molar-refractivity contribution < 1.29 is 0 Å². The molecule has 0 N–H and O–H groups in total. The third kappa shape index (κ3) is 5.35. The maximum absolute atomic E-state index is 9.45. The highest BCUT2D eigenvalue weighted by atomic mass is 15.4. The summed E-state index contributed by atoms with van der Waals surface area (Å²) in [6.07, 6.45) is 12.3. The summed E-state index contributed by atoms with van der Waals surface area (Å²) in [5, 5.41) is 18.9. The molecule has 6 nitrogen and oxygen atoms in total. The van der Waals surface area contributed by atoms with Crippen molar-refractivity contribution in [3.63, 3.8) is 0 Å². The van der Waals surface area contributed by atoms with Gasteiger partial charge in [0.2, 0.25) is 0 Å². The van der Waals surface area contributed by atoms with E-state index in [1.807, 2.05) is 0 Å². The largest absolute Gasteiger partial charge is 0.355 e. The lowest BCUT2D eigenvalue weighted by molar-refractivity contribution is 0.242. The summed E-state index contributed by atoms with van der Waals surface area (Å²) in [6, 6.07) is 4.24. The standard InChI is InChI=1S/C21H30N6/c22-18-20(19-23)21-26(13-7-12-24-8-3-1-4-9-24)16-17-27(21)15-14-25-10-5-2-6-11-25/h1-3,5H,4,6-17H2. The fourth-order valence-electron chi connectivity index (χ4n) is 4.06. The minimum Gasteiger partial charge on any atom is -0.355 e. The minimum atomic E-state index is 0.256. The van der Waals surface area contributed by atoms with Crippen molar-refractivity contribution in [3.8, 4) is 12.1 Å². The van der Waals surface area contributed by atoms with Crippen LogP contribution >= 0.6 is 0 Å². The summed E-state index contributed by atoms with van der Waals surface area (Å²) in [6.45, 7) is 9.92. The predicted molar refractivity (Wildman–Crippen MR) is 106 cm³/mol. The first-order valence-electron chi connectivity index (χ1n) is 10.1. The lowest BCUT2D eigenvalue weighted by Gasteiger charge is -2.29. The average molecular weight is 367 g/mol. The Morgan fingerprint density at radius 2 is 1.33 bits per heavy atom. The molecule has 0 bridgehead atoms. The van der Waals surface area contributed by atoms with Gasteiger partial charge in [-0.25, -0.2) is 0 Å². The Morgan fingerprint density at radius 1 is 0.741 bits per heavy atom. The zero-order chi connectivity index (χ0) is 18.9. The fourth-order valence-corrected chi connectivity index (χ4v) is 4.06. The third-order valence-corrected chi connectivity index (χ3v) is 5.56. The van der Waals surface area contributed by atoms with Gasteiger partial charge in [-0.05, 0) is 19.3 Å². The molecule has 0 amide bonds. The molecule has 0 aromatic rings. The van der Waals surface area contributed by atoms with Gasteiger partial charge < -0.3 is 9.80 Å². The van der Waals surface area contributed by atoms with Gasteiger partial charge in [-0.3, -0.25) is 9.80 Å². The maximum atomic E-state index is 9.45. The first-order valence-corrected chi connectivity index (χ1v) is 10.1. The van der Waals surface area contributed by atoms with Gasteiger partial charge in [0, 0.05) is 65.4 Å². The second-order valence-corrected chi connectivity index (χ2v) is 7.37. The molecular formula is C21H30N6. The number of hydrogen-bond acceptors (Lipinski definition) is 6. The lowest BCUT2D eigenvalue weighted by atomic mass is 10.2. The molecule has 0 aromatic carbocycles. The van der Waals surface area contributed by atoms with Gasteiger partial charge in [0.15, 0.2) is 5.57 Å². The van der Waals surface area contributed by atoms with E-state index < -0.39 is 0 Å². The summed E-state index contributed by atoms with van der Waals surface area (Å²) in [4.78, 5) is 9.39. The van der Waals surface area contributed by atoms with Crippen LogP contribution in [0.5, 0.6) is 0 Å². The van der Waals surface area contributed by atoms with E-state index in [0.29, 0.717) is 0 Å². The van der Waals surface area contributed by atoms with Gasteiger partial charge in [-0.15, -0.1) is 0 Å². The third-order valence-electron chi connectivity index (χ3n) is 5.56. The second kappa shape index (κ2) is 10.2. The lowest BCUT2D eigenvalue weighted by Crippen LogP contribution is -2.36. The summed E-state index contributed by atoms with van der Waals surface area (Å²) in [5.41, 5.74) is 0.256. The quantitative estimate of drug-likeness (QED) is 0.506. The molecule has 1 saturated heterocycles. The van der Waals surface area contributed by atoms with Crippen molar-refractivity contribution in [2.24, 2.45) is 0 Å². The minimum absolute atomic E-state index is 0.256. The van der Waals surface area contributed by atoms with Crippen LogP contribution in [0.3, 0.4) is 0 Å². The topological polar surface area (TPSA) is 60.5 Å². The van der Waals surface area contributed by atoms with Gasteiger partial charge in [0.25, 0.3) is 0 Å². The highest BCUT2D eigenvalue weighted by molar-refractivity contribution is 5.40. The van der Waals surface area contributed by atoms with Crippen molar-refractivity contribution >= 4 is 0 Å². The van der Waals surface area contributed by atoms with Crippen LogP contribution in [0.2, 0.25) is 0 Å². The van der Waals surface area contributed by atoms with Crippen LogP contribution in [0.25, 0.3) is 0 Å². The van der Waals surface area contributed by atoms with Crippen LogP contribution in [0.1, 0.15) is 19.3 Å². The van der Waals surface area contributed by atoms with Gasteiger partial charge in [0.1, 0.15) is 18.0 Å². The second-order valence-electron chi connectivity index (χ2n) is 7.37. The molecule has 3 heterocycles. The molecule has 3 aliphatic rings. The first kappa shape index (κ1) is 19.5. The normalized spacial score (nSPS) is 20.7. The van der Waals surface area contributed by atoms with E-state index in [1.165, 1.54) is 0 Å². The number of nitriles is 2. The van der Waals surface area contributed by atoms with Crippen LogP contribution < -0.4 is 0 Å². The Hall–Kier alpha value is -2.28. The molecule has 1 fully saturated rings. The zero-order valence-corrected chi connectivity index (χ0v) is 16.2. The predicted octanol–water partition coefficient (Wildman–Crippen LogP) is 1.78. The zero-order valence-electron chi connectivity index (χ0n) is 16.2. The van der Waals surface area contributed by atoms with Gasteiger partial charge in [-0.1, -0.05) is 24.3 Å². The Balaban J connectivity index is 1.56. The average Bonchev–Trinajstić information content (AvgIpc) is 3.12. The van der Waals surface area contributed by atoms with E-state index in [1.54, 1.807) is 0 Å². The maximum Gasteiger partial charge on any atom is 0.169 e. The highest BCUT2D eigenvalue weighted by Gasteiger charge is 2.28. The molecule has 0 atom stereocenters. The van der Waals surface area contributed by atoms with Crippen molar-refractivity contribution in [1.29, 1.82) is 10.5 Å². The molecule has 0 radical (unpaired) electrons. The van der Waals surface area contributed by atoms with E-state index >= 15 is 0 Å². The van der Waals surface area contributed by atoms with Crippen molar-refractivity contribution in [2.75, 3.05) is 65.4 Å². The molecule has 3 aliphatic heterocycles. The van der Waals surface area contributed by atoms with Crippen molar-refractivity contribution in [2.45, 2.75) is 19.3 Å².